The van der Waals surface area contributed by atoms with Gasteiger partial charge in [0.2, 0.25) is 0 Å². The molecule has 1 rings (SSSR count). The molecule has 0 heterocycles. The Labute approximate surface area is 75.2 Å². The molecule has 0 aliphatic carbocycles. The standard InChI is InChI=1S/C8H9ClOS/c1-6-3-4-8(11-9)7(5-6)10-2/h3-5H,1-2H3. The lowest BCUT2D eigenvalue weighted by Crippen LogP contribution is -1.85. The van der Waals surface area contributed by atoms with Gasteiger partial charge < -0.3 is 4.74 Å². The van der Waals surface area contributed by atoms with Crippen molar-refractivity contribution < 1.29 is 4.74 Å². The number of rotatable bonds is 2. The summed E-state index contributed by atoms with van der Waals surface area (Å²) in [6.45, 7) is 2.02. The van der Waals surface area contributed by atoms with E-state index in [0.717, 1.165) is 10.6 Å². The number of methoxy groups -OCH3 is 1. The molecule has 1 aromatic carbocycles. The van der Waals surface area contributed by atoms with Crippen LogP contribution in [0.4, 0.5) is 0 Å². The number of hydrogen-bond donors (Lipinski definition) is 0. The van der Waals surface area contributed by atoms with E-state index in [4.69, 9.17) is 15.4 Å². The van der Waals surface area contributed by atoms with Crippen molar-refractivity contribution in [2.24, 2.45) is 0 Å². The van der Waals surface area contributed by atoms with Crippen LogP contribution in [-0.4, -0.2) is 7.11 Å². The lowest BCUT2D eigenvalue weighted by atomic mass is 10.2. The lowest BCUT2D eigenvalue weighted by Gasteiger charge is -2.04. The van der Waals surface area contributed by atoms with Gasteiger partial charge in [-0.1, -0.05) is 6.07 Å². The topological polar surface area (TPSA) is 9.23 Å². The number of aryl methyl sites for hydroxylation is 1. The summed E-state index contributed by atoms with van der Waals surface area (Å²) < 4.78 is 5.11. The summed E-state index contributed by atoms with van der Waals surface area (Å²) in [5.41, 5.74) is 1.18. The molecule has 0 unspecified atom stereocenters. The molecule has 1 aromatic rings. The second kappa shape index (κ2) is 3.88. The molecule has 0 N–H and O–H groups in total. The number of ether oxygens (including phenoxy) is 1. The van der Waals surface area contributed by atoms with E-state index < -0.39 is 0 Å². The molecule has 3 heteroatoms. The monoisotopic (exact) mass is 188 g/mol. The maximum Gasteiger partial charge on any atom is 0.133 e. The normalized spacial score (nSPS) is 9.73. The fourth-order valence-corrected chi connectivity index (χ4v) is 1.56. The van der Waals surface area contributed by atoms with Crippen molar-refractivity contribution in [3.8, 4) is 5.75 Å². The maximum atomic E-state index is 5.60. The van der Waals surface area contributed by atoms with Crippen LogP contribution in [0.5, 0.6) is 5.75 Å². The first kappa shape index (κ1) is 8.75. The number of hydrogen-bond acceptors (Lipinski definition) is 2. The Hall–Kier alpha value is -0.340. The first-order chi connectivity index (χ1) is 5.27. The van der Waals surface area contributed by atoms with Gasteiger partial charge in [-0.05, 0) is 46.3 Å². The molecule has 60 valence electrons. The summed E-state index contributed by atoms with van der Waals surface area (Å²) in [5, 5.41) is 0. The Morgan fingerprint density at radius 1 is 1.45 bits per heavy atom. The largest absolute Gasteiger partial charge is 0.496 e. The van der Waals surface area contributed by atoms with Crippen LogP contribution in [0.25, 0.3) is 0 Å². The van der Waals surface area contributed by atoms with Crippen molar-refractivity contribution in [1.29, 1.82) is 0 Å². The van der Waals surface area contributed by atoms with Crippen LogP contribution < -0.4 is 4.74 Å². The van der Waals surface area contributed by atoms with Gasteiger partial charge in [-0.25, -0.2) is 0 Å². The predicted molar refractivity (Wildman–Crippen MR) is 49.4 cm³/mol. The van der Waals surface area contributed by atoms with Gasteiger partial charge >= 0.3 is 0 Å². The van der Waals surface area contributed by atoms with Gasteiger partial charge in [0.05, 0.1) is 12.0 Å². The summed E-state index contributed by atoms with van der Waals surface area (Å²) in [5.74, 6) is 0.838. The third-order valence-corrected chi connectivity index (χ3v) is 2.40. The fraction of sp³-hybridized carbons (Fsp3) is 0.250. The highest BCUT2D eigenvalue weighted by Gasteiger charge is 2.00. The average Bonchev–Trinajstić information content (AvgIpc) is 2.04. The van der Waals surface area contributed by atoms with E-state index in [2.05, 4.69) is 0 Å². The van der Waals surface area contributed by atoms with Crippen LogP contribution in [0.3, 0.4) is 0 Å². The van der Waals surface area contributed by atoms with E-state index in [1.165, 1.54) is 16.5 Å². The minimum absolute atomic E-state index is 0.838. The molecule has 1 nitrogen and oxygen atoms in total. The second-order valence-electron chi connectivity index (χ2n) is 2.23. The molecule has 0 amide bonds. The molecule has 0 fully saturated rings. The van der Waals surface area contributed by atoms with Gasteiger partial charge in [-0.3, -0.25) is 0 Å². The molecule has 0 bridgehead atoms. The van der Waals surface area contributed by atoms with E-state index in [0.29, 0.717) is 0 Å². The zero-order valence-corrected chi connectivity index (χ0v) is 8.00. The molecule has 0 aliphatic heterocycles. The van der Waals surface area contributed by atoms with Gasteiger partial charge in [0.25, 0.3) is 0 Å². The van der Waals surface area contributed by atoms with E-state index in [1.54, 1.807) is 7.11 Å². The van der Waals surface area contributed by atoms with Crippen molar-refractivity contribution in [3.63, 3.8) is 0 Å². The van der Waals surface area contributed by atoms with Crippen LogP contribution in [0.2, 0.25) is 0 Å². The smallest absolute Gasteiger partial charge is 0.133 e. The summed E-state index contributed by atoms with van der Waals surface area (Å²) >= 11 is 0. The molecule has 11 heavy (non-hydrogen) atoms. The molecule has 0 atom stereocenters. The summed E-state index contributed by atoms with van der Waals surface area (Å²) in [4.78, 5) is 0.958. The number of halogens is 1. The SMILES string of the molecule is COc1cc(C)ccc1SCl. The molecular formula is C8H9ClOS. The molecule has 0 aliphatic rings. The van der Waals surface area contributed by atoms with Crippen molar-refractivity contribution >= 4 is 21.7 Å². The zero-order valence-electron chi connectivity index (χ0n) is 6.43. The first-order valence-corrected chi connectivity index (χ1v) is 4.85. The Kier molecular flexibility index (Phi) is 3.09. The minimum Gasteiger partial charge on any atom is -0.496 e. The summed E-state index contributed by atoms with van der Waals surface area (Å²) in [7, 11) is 8.42. The quantitative estimate of drug-likeness (QED) is 0.705. The summed E-state index contributed by atoms with van der Waals surface area (Å²) in [6, 6.07) is 5.92. The van der Waals surface area contributed by atoms with Crippen LogP contribution in [0, 0.1) is 6.92 Å². The Bertz CT molecular complexity index is 250. The molecule has 0 spiro atoms. The lowest BCUT2D eigenvalue weighted by molar-refractivity contribution is 0.404. The average molecular weight is 189 g/mol. The van der Waals surface area contributed by atoms with Crippen LogP contribution in [0.15, 0.2) is 23.1 Å². The number of benzene rings is 1. The van der Waals surface area contributed by atoms with E-state index >= 15 is 0 Å². The molecule has 0 radical (unpaired) electrons. The Morgan fingerprint density at radius 3 is 2.73 bits per heavy atom. The third-order valence-electron chi connectivity index (χ3n) is 1.40. The van der Waals surface area contributed by atoms with E-state index in [9.17, 15) is 0 Å². The van der Waals surface area contributed by atoms with Crippen molar-refractivity contribution in [2.75, 3.05) is 7.11 Å². The highest BCUT2D eigenvalue weighted by molar-refractivity contribution is 8.21. The zero-order chi connectivity index (χ0) is 8.27. The Morgan fingerprint density at radius 2 is 2.18 bits per heavy atom. The van der Waals surface area contributed by atoms with Crippen molar-refractivity contribution in [3.05, 3.63) is 23.8 Å². The van der Waals surface area contributed by atoms with Crippen LogP contribution >= 0.6 is 21.7 Å². The Balaban J connectivity index is 3.06. The van der Waals surface area contributed by atoms with Gasteiger partial charge in [0, 0.05) is 0 Å². The van der Waals surface area contributed by atoms with Crippen molar-refractivity contribution in [2.45, 2.75) is 11.8 Å². The molecule has 0 saturated heterocycles. The maximum absolute atomic E-state index is 5.60. The van der Waals surface area contributed by atoms with E-state index in [-0.39, 0.29) is 0 Å². The molecule has 0 aromatic heterocycles. The molecular weight excluding hydrogens is 180 g/mol. The van der Waals surface area contributed by atoms with Gasteiger partial charge in [0.1, 0.15) is 5.75 Å². The predicted octanol–water partition coefficient (Wildman–Crippen LogP) is 3.25. The minimum atomic E-state index is 0.838. The highest BCUT2D eigenvalue weighted by atomic mass is 35.7. The first-order valence-electron chi connectivity index (χ1n) is 3.21. The van der Waals surface area contributed by atoms with Gasteiger partial charge in [-0.2, -0.15) is 0 Å². The fourth-order valence-electron chi connectivity index (χ4n) is 0.839. The van der Waals surface area contributed by atoms with Gasteiger partial charge in [-0.15, -0.1) is 0 Å². The van der Waals surface area contributed by atoms with Crippen LogP contribution in [-0.2, 0) is 0 Å². The van der Waals surface area contributed by atoms with Crippen LogP contribution in [0.1, 0.15) is 5.56 Å². The second-order valence-corrected chi connectivity index (χ2v) is 3.29. The third kappa shape index (κ3) is 2.04. The van der Waals surface area contributed by atoms with Gasteiger partial charge in [0.15, 0.2) is 0 Å². The summed E-state index contributed by atoms with van der Waals surface area (Å²) in [6.07, 6.45) is 0. The van der Waals surface area contributed by atoms with E-state index in [1.807, 2.05) is 25.1 Å². The van der Waals surface area contributed by atoms with Crippen molar-refractivity contribution in [1.82, 2.24) is 0 Å². The molecule has 0 saturated carbocycles. The highest BCUT2D eigenvalue weighted by Crippen LogP contribution is 2.32.